The number of aromatic amines is 1. The molecule has 0 aliphatic rings. The predicted octanol–water partition coefficient (Wildman–Crippen LogP) is 1.83. The van der Waals surface area contributed by atoms with E-state index in [1.807, 2.05) is 30.5 Å². The van der Waals surface area contributed by atoms with E-state index in [-0.39, 0.29) is 150 Å². The van der Waals surface area contributed by atoms with Crippen LogP contribution in [0.25, 0.3) is 10.9 Å². The normalized spacial score (nSPS) is 11.9. The Kier molecular flexibility index (Phi) is 28.1. The average molecular weight is 1370 g/mol. The number of benzene rings is 5. The lowest BCUT2D eigenvalue weighted by atomic mass is 10.0. The zero-order valence-electron chi connectivity index (χ0n) is 54.6. The molecule has 0 saturated carbocycles. The smallest absolute Gasteiger partial charge is 0.341 e. The Morgan fingerprint density at radius 2 is 0.828 bits per heavy atom. The van der Waals surface area contributed by atoms with Crippen molar-refractivity contribution in [2.75, 3.05) is 68.8 Å². The third-order valence-electron chi connectivity index (χ3n) is 14.9. The summed E-state index contributed by atoms with van der Waals surface area (Å²) < 4.78 is 21.9. The molecule has 0 spiro atoms. The second-order valence-corrected chi connectivity index (χ2v) is 22.1. The number of aryl methyl sites for hydroxylation is 1. The molecule has 6 rings (SSSR count). The van der Waals surface area contributed by atoms with E-state index < -0.39 is 89.9 Å². The van der Waals surface area contributed by atoms with Gasteiger partial charge < -0.3 is 110 Å². The molecule has 0 aliphatic carbocycles. The highest BCUT2D eigenvalue weighted by Crippen LogP contribution is 2.29. The van der Waals surface area contributed by atoms with E-state index in [9.17, 15) is 53.1 Å². The molecule has 5 aromatic carbocycles. The van der Waals surface area contributed by atoms with Crippen LogP contribution in [0.4, 0.5) is 22.7 Å². The fourth-order valence-corrected chi connectivity index (χ4v) is 10.1. The van der Waals surface area contributed by atoms with Gasteiger partial charge in [0, 0.05) is 66.4 Å². The molecule has 24 N–H and O–H groups in total. The zero-order chi connectivity index (χ0) is 72.3. The summed E-state index contributed by atoms with van der Waals surface area (Å²) >= 11 is 0. The van der Waals surface area contributed by atoms with Crippen LogP contribution >= 0.6 is 0 Å². The zero-order valence-corrected chi connectivity index (χ0v) is 54.6. The molecular weight excluding hydrogens is 1290 g/mol. The van der Waals surface area contributed by atoms with Crippen LogP contribution < -0.4 is 100 Å². The number of hydrogen-bond acceptors (Lipinski definition) is 17. The molecule has 0 radical (unpaired) electrons. The number of guanidine groups is 3. The van der Waals surface area contributed by atoms with Gasteiger partial charge in [0.2, 0.25) is 29.5 Å². The first-order chi connectivity index (χ1) is 47.3. The lowest BCUT2D eigenvalue weighted by Gasteiger charge is -2.22. The van der Waals surface area contributed by atoms with Gasteiger partial charge in [0.05, 0.1) is 43.6 Å². The Balaban J connectivity index is 1.23. The topological polar surface area (TPSA) is 552 Å². The Morgan fingerprint density at radius 3 is 1.18 bits per heavy atom. The maximum absolute atomic E-state index is 14.6. The number of carboxylic acids is 1. The molecule has 4 atom stereocenters. The molecule has 9 amide bonds. The number of ether oxygens (including phenoxy) is 4. The number of hydrogen-bond donors (Lipinski definition) is 20. The number of nitrogens with two attached hydrogens (primary N) is 4. The van der Waals surface area contributed by atoms with Crippen molar-refractivity contribution >= 4 is 111 Å². The number of rotatable bonds is 37. The minimum absolute atomic E-state index is 0.00216. The van der Waals surface area contributed by atoms with Crippen LogP contribution in [0.2, 0.25) is 0 Å². The highest BCUT2D eigenvalue weighted by Gasteiger charge is 2.30. The largest absolute Gasteiger partial charge is 0.496 e. The third kappa shape index (κ3) is 23.1. The van der Waals surface area contributed by atoms with Crippen molar-refractivity contribution < 1.29 is 72.0 Å². The van der Waals surface area contributed by atoms with E-state index >= 15 is 0 Å². The van der Waals surface area contributed by atoms with Crippen LogP contribution in [0.5, 0.6) is 23.0 Å². The van der Waals surface area contributed by atoms with Crippen molar-refractivity contribution in [3.63, 3.8) is 0 Å². The van der Waals surface area contributed by atoms with Gasteiger partial charge in [-0.3, -0.25) is 59.4 Å². The molecule has 0 aliphatic heterocycles. The van der Waals surface area contributed by atoms with E-state index in [0.29, 0.717) is 6.42 Å². The van der Waals surface area contributed by atoms with E-state index in [1.54, 1.807) is 0 Å². The van der Waals surface area contributed by atoms with Gasteiger partial charge in [0.25, 0.3) is 23.6 Å². The average Bonchev–Trinajstić information content (AvgIpc) is 0.871. The van der Waals surface area contributed by atoms with E-state index in [1.165, 1.54) is 95.0 Å². The molecule has 34 nitrogen and oxygen atoms in total. The first kappa shape index (κ1) is 75.4. The van der Waals surface area contributed by atoms with Gasteiger partial charge in [-0.2, -0.15) is 0 Å². The molecule has 0 saturated heterocycles. The summed E-state index contributed by atoms with van der Waals surface area (Å²) in [6, 6.07) is 18.4. The van der Waals surface area contributed by atoms with Crippen molar-refractivity contribution in [2.24, 2.45) is 22.9 Å². The summed E-state index contributed by atoms with van der Waals surface area (Å²) in [4.78, 5) is 139. The Bertz CT molecular complexity index is 3990. The SMILES string of the molecule is COc1ccc(NC(=O)C(CCCNC(=N)N)NC(=O)c2cc(NC(=O)C(CCCNC(=N)N)NC(=O)c3cc(NC(=O)C(CCCNC(=N)N)NC(=O)c4cc(NC(C)=O)ccc4OC)ccc3OC)ccc2OCC(=O)O)cc1C(=O)NC(CCc1c[nH]c2ccccc12)C(N)=O. The number of aliphatic carboxylic acids is 1. The van der Waals surface area contributed by atoms with Crippen molar-refractivity contribution in [1.82, 2.24) is 42.2 Å². The van der Waals surface area contributed by atoms with Gasteiger partial charge in [-0.25, -0.2) is 4.79 Å². The van der Waals surface area contributed by atoms with Gasteiger partial charge >= 0.3 is 5.97 Å². The van der Waals surface area contributed by atoms with Crippen molar-refractivity contribution in [3.8, 4) is 23.0 Å². The number of H-pyrrole nitrogens is 1. The highest BCUT2D eigenvalue weighted by molar-refractivity contribution is 6.08. The van der Waals surface area contributed by atoms with E-state index in [0.717, 1.165) is 22.5 Å². The number of methoxy groups -OCH3 is 3. The minimum atomic E-state index is -1.42. The molecule has 0 bridgehead atoms. The molecule has 1 aromatic heterocycles. The van der Waals surface area contributed by atoms with E-state index in [2.05, 4.69) is 63.5 Å². The molecule has 99 heavy (non-hydrogen) atoms. The summed E-state index contributed by atoms with van der Waals surface area (Å²) in [5.41, 5.74) is 23.6. The second kappa shape index (κ2) is 36.9. The monoisotopic (exact) mass is 1370 g/mol. The second-order valence-electron chi connectivity index (χ2n) is 22.1. The van der Waals surface area contributed by atoms with Gasteiger partial charge in [-0.15, -0.1) is 0 Å². The van der Waals surface area contributed by atoms with Crippen LogP contribution in [0, 0.1) is 16.2 Å². The molecule has 1 heterocycles. The van der Waals surface area contributed by atoms with Crippen molar-refractivity contribution in [1.29, 1.82) is 16.2 Å². The highest BCUT2D eigenvalue weighted by atomic mass is 16.5. The summed E-state index contributed by atoms with van der Waals surface area (Å²) in [7, 11) is 3.91. The first-order valence-electron chi connectivity index (χ1n) is 30.8. The van der Waals surface area contributed by atoms with Gasteiger partial charge in [0.15, 0.2) is 24.5 Å². The number of anilines is 4. The van der Waals surface area contributed by atoms with Crippen molar-refractivity contribution in [3.05, 3.63) is 131 Å². The maximum atomic E-state index is 14.6. The molecular formula is C65H81N19O15. The summed E-state index contributed by atoms with van der Waals surface area (Å²) in [6.07, 6.45) is 2.55. The van der Waals surface area contributed by atoms with Crippen LogP contribution in [-0.2, 0) is 35.2 Å². The van der Waals surface area contributed by atoms with Crippen molar-refractivity contribution in [2.45, 2.75) is 82.5 Å². The Morgan fingerprint density at radius 1 is 0.475 bits per heavy atom. The van der Waals surface area contributed by atoms with E-state index in [4.69, 9.17) is 58.1 Å². The summed E-state index contributed by atoms with van der Waals surface area (Å²) in [5.74, 6) is -9.70. The molecule has 34 heteroatoms. The number of carbonyl (C=O) groups is 10. The Hall–Kier alpha value is -12.7. The fraction of sp³-hybridized carbons (Fsp3) is 0.308. The number of nitrogens with one attached hydrogen (secondary N) is 15. The summed E-state index contributed by atoms with van der Waals surface area (Å²) in [5, 5.41) is 62.5. The van der Waals surface area contributed by atoms with Crippen LogP contribution in [0.3, 0.4) is 0 Å². The lowest BCUT2D eigenvalue weighted by molar-refractivity contribution is -0.139. The van der Waals surface area contributed by atoms with Crippen LogP contribution in [0.15, 0.2) is 103 Å². The molecule has 526 valence electrons. The molecule has 4 unspecified atom stereocenters. The van der Waals surface area contributed by atoms with Crippen LogP contribution in [-0.4, -0.2) is 159 Å². The summed E-state index contributed by atoms with van der Waals surface area (Å²) in [6.45, 7) is 0.624. The first-order valence-corrected chi connectivity index (χ1v) is 30.8. The fourth-order valence-electron chi connectivity index (χ4n) is 10.1. The number of amides is 9. The number of carboxylic acid groups (broad SMARTS) is 1. The molecule has 6 aromatic rings. The third-order valence-corrected chi connectivity index (χ3v) is 14.9. The maximum Gasteiger partial charge on any atom is 0.341 e. The lowest BCUT2D eigenvalue weighted by Crippen LogP contribution is -2.45. The number of carbonyl (C=O) groups excluding carboxylic acids is 9. The van der Waals surface area contributed by atoms with Gasteiger partial charge in [-0.05, 0) is 136 Å². The standard InChI is InChI=1S/C65H81N19O15/c1-34(85)77-36-16-21-50(96-2)41(28-36)57(90)82-47(12-7-25-73-63(67)68)60(93)79-38-18-23-52(98-4)43(30-38)58(91)83-48(13-8-26-74-64(69)70)61(94)80-39-19-24-53(99-33-54(86)87)44(31-39)59(92)84-49(14-9-27-75-65(71)72)62(95)78-37-17-22-51(97-3)42(29-37)56(89)81-46(55(66)88)20-15-35-32-76-45-11-6-5-10-40(35)45/h5-6,10-11,16-19,21-24,28-32,46-49,76H,7-9,12-15,20,25-27,33H2,1-4H3,(H2,66,88)(H,77,85)(H,78,95)(H,79,93)(H,80,94)(H,81,89)(H,82,90)(H,83,91)(H,84,92)(H,86,87)(H4,67,68,73)(H4,69,70,74)(H4,71,72,75). The number of primary amides is 1. The number of aromatic nitrogens is 1. The minimum Gasteiger partial charge on any atom is -0.496 e. The Labute approximate surface area is 567 Å². The predicted molar refractivity (Wildman–Crippen MR) is 367 cm³/mol. The number of para-hydroxylation sites is 1. The quantitative estimate of drug-likeness (QED) is 0.0150. The van der Waals surface area contributed by atoms with Crippen LogP contribution in [0.1, 0.15) is 98.9 Å². The van der Waals surface area contributed by atoms with Gasteiger partial charge in [-0.1, -0.05) is 18.2 Å². The number of fused-ring (bicyclic) bond motifs is 1. The molecule has 0 fully saturated rings. The van der Waals surface area contributed by atoms with Gasteiger partial charge in [0.1, 0.15) is 47.2 Å².